The van der Waals surface area contributed by atoms with Gasteiger partial charge < -0.3 is 0 Å². The Hall–Kier alpha value is -2.92. The number of pyridine rings is 1. The van der Waals surface area contributed by atoms with Crippen LogP contribution in [-0.4, -0.2) is 10.9 Å². The third-order valence-electron chi connectivity index (χ3n) is 4.36. The highest BCUT2D eigenvalue weighted by Crippen LogP contribution is 2.29. The van der Waals surface area contributed by atoms with Crippen molar-refractivity contribution in [3.63, 3.8) is 0 Å². The van der Waals surface area contributed by atoms with Crippen LogP contribution in [0.3, 0.4) is 0 Å². The lowest BCUT2D eigenvalue weighted by atomic mass is 10.1. The molecule has 0 spiro atoms. The summed E-state index contributed by atoms with van der Waals surface area (Å²) in [5.74, 6) is 0.638. The van der Waals surface area contributed by atoms with Gasteiger partial charge in [0.1, 0.15) is 0 Å². The summed E-state index contributed by atoms with van der Waals surface area (Å²) in [6.45, 7) is 4.06. The molecule has 0 aliphatic carbocycles. The first-order chi connectivity index (χ1) is 12.1. The maximum Gasteiger partial charge on any atom is 0.311 e. The van der Waals surface area contributed by atoms with E-state index in [2.05, 4.69) is 10.3 Å². The quantitative estimate of drug-likeness (QED) is 0.531. The number of aryl methyl sites for hydroxylation is 2. The summed E-state index contributed by atoms with van der Waals surface area (Å²) >= 11 is 1.64. The van der Waals surface area contributed by atoms with E-state index in [4.69, 9.17) is 0 Å². The van der Waals surface area contributed by atoms with E-state index in [0.29, 0.717) is 5.56 Å². The highest BCUT2D eigenvalue weighted by atomic mass is 32.1. The van der Waals surface area contributed by atoms with Gasteiger partial charge in [-0.25, -0.2) is 9.72 Å². The number of aromatic nitrogens is 2. The second-order valence-electron chi connectivity index (χ2n) is 6.03. The summed E-state index contributed by atoms with van der Waals surface area (Å²) in [5.41, 5.74) is 4.79. The van der Waals surface area contributed by atoms with Crippen LogP contribution < -0.4 is 9.72 Å². The molecular formula is C20H18N3OS+. The van der Waals surface area contributed by atoms with Crippen molar-refractivity contribution in [1.82, 2.24) is 4.98 Å². The van der Waals surface area contributed by atoms with Gasteiger partial charge in [0.05, 0.1) is 16.6 Å². The number of H-pyrrole nitrogens is 1. The number of carbonyl (C=O) groups is 1. The maximum absolute atomic E-state index is 12.8. The summed E-state index contributed by atoms with van der Waals surface area (Å²) < 4.78 is 1.97. The zero-order valence-electron chi connectivity index (χ0n) is 14.0. The van der Waals surface area contributed by atoms with Crippen LogP contribution in [0.2, 0.25) is 0 Å². The zero-order chi connectivity index (χ0) is 17.4. The number of carbonyl (C=O) groups excluding carboxylic acids is 1. The van der Waals surface area contributed by atoms with Gasteiger partial charge in [-0.1, -0.05) is 18.2 Å². The van der Waals surface area contributed by atoms with E-state index in [1.807, 2.05) is 78.4 Å². The van der Waals surface area contributed by atoms with Crippen LogP contribution in [0, 0.1) is 13.8 Å². The summed E-state index contributed by atoms with van der Waals surface area (Å²) in [4.78, 5) is 17.3. The second-order valence-corrected chi connectivity index (χ2v) is 6.98. The zero-order valence-corrected chi connectivity index (χ0v) is 14.9. The smallest absolute Gasteiger partial charge is 0.266 e. The molecule has 3 aromatic heterocycles. The fourth-order valence-electron chi connectivity index (χ4n) is 2.83. The average Bonchev–Trinajstić information content (AvgIpc) is 3.25. The first-order valence-electron chi connectivity index (χ1n) is 8.08. The van der Waals surface area contributed by atoms with Crippen molar-refractivity contribution < 1.29 is 9.20 Å². The summed E-state index contributed by atoms with van der Waals surface area (Å²) in [6, 6.07) is 15.7. The van der Waals surface area contributed by atoms with E-state index in [-0.39, 0.29) is 5.91 Å². The first-order valence-corrected chi connectivity index (χ1v) is 8.96. The number of aromatic amines is 1. The van der Waals surface area contributed by atoms with Gasteiger partial charge in [-0.2, -0.15) is 0 Å². The van der Waals surface area contributed by atoms with Gasteiger partial charge >= 0.3 is 5.91 Å². The van der Waals surface area contributed by atoms with Crippen LogP contribution in [0.25, 0.3) is 16.2 Å². The first kappa shape index (κ1) is 15.6. The Morgan fingerprint density at radius 2 is 1.96 bits per heavy atom. The van der Waals surface area contributed by atoms with Gasteiger partial charge in [0.2, 0.25) is 5.65 Å². The van der Waals surface area contributed by atoms with E-state index in [0.717, 1.165) is 27.6 Å². The van der Waals surface area contributed by atoms with Crippen molar-refractivity contribution in [1.29, 1.82) is 0 Å². The third kappa shape index (κ3) is 2.83. The molecule has 4 aromatic rings. The molecule has 0 saturated carbocycles. The van der Waals surface area contributed by atoms with Crippen molar-refractivity contribution in [2.24, 2.45) is 0 Å². The molecule has 0 radical (unpaired) electrons. The number of hydrogen-bond acceptors (Lipinski definition) is 2. The lowest BCUT2D eigenvalue weighted by Gasteiger charge is -2.04. The van der Waals surface area contributed by atoms with E-state index in [9.17, 15) is 4.79 Å². The molecule has 124 valence electrons. The van der Waals surface area contributed by atoms with Gasteiger partial charge in [0.25, 0.3) is 5.82 Å². The van der Waals surface area contributed by atoms with Gasteiger partial charge in [-0.05, 0) is 54.6 Å². The largest absolute Gasteiger partial charge is 0.311 e. The molecule has 3 heterocycles. The highest BCUT2D eigenvalue weighted by Gasteiger charge is 2.23. The number of fused-ring (bicyclic) bond motifs is 1. The molecule has 1 amide bonds. The Morgan fingerprint density at radius 3 is 2.72 bits per heavy atom. The van der Waals surface area contributed by atoms with Crippen LogP contribution in [-0.2, 0) is 0 Å². The molecule has 0 saturated heterocycles. The molecule has 0 bridgehead atoms. The monoisotopic (exact) mass is 348 g/mol. The van der Waals surface area contributed by atoms with Crippen molar-refractivity contribution >= 4 is 28.7 Å². The topological polar surface area (TPSA) is 49.0 Å². The number of thiophene rings is 1. The Balaban J connectivity index is 1.79. The van der Waals surface area contributed by atoms with Crippen molar-refractivity contribution in [2.75, 3.05) is 5.32 Å². The third-order valence-corrected chi connectivity index (χ3v) is 5.25. The molecule has 1 aromatic carbocycles. The number of nitrogens with one attached hydrogen (secondary N) is 2. The molecule has 0 unspecified atom stereocenters. The van der Waals surface area contributed by atoms with E-state index >= 15 is 0 Å². The van der Waals surface area contributed by atoms with E-state index in [1.165, 1.54) is 5.56 Å². The number of hydrogen-bond donors (Lipinski definition) is 2. The summed E-state index contributed by atoms with van der Waals surface area (Å²) in [6.07, 6.45) is 1.94. The second kappa shape index (κ2) is 6.18. The molecule has 0 fully saturated rings. The fraction of sp³-hybridized carbons (Fsp3) is 0.100. The maximum atomic E-state index is 12.8. The Bertz CT molecular complexity index is 1060. The molecule has 0 aliphatic rings. The molecule has 0 atom stereocenters. The average molecular weight is 348 g/mol. The minimum Gasteiger partial charge on any atom is -0.266 e. The number of amides is 1. The Kier molecular flexibility index (Phi) is 3.86. The lowest BCUT2D eigenvalue weighted by Crippen LogP contribution is -2.26. The van der Waals surface area contributed by atoms with E-state index < -0.39 is 0 Å². The Labute approximate surface area is 149 Å². The van der Waals surface area contributed by atoms with Gasteiger partial charge in [0.15, 0.2) is 5.69 Å². The van der Waals surface area contributed by atoms with Gasteiger partial charge in [0, 0.05) is 6.07 Å². The predicted molar refractivity (Wildman–Crippen MR) is 101 cm³/mol. The number of benzene rings is 1. The number of imidazole rings is 1. The summed E-state index contributed by atoms with van der Waals surface area (Å²) in [5, 5.41) is 5.11. The molecule has 4 rings (SSSR count). The molecular weight excluding hydrogens is 330 g/mol. The Morgan fingerprint density at radius 1 is 1.08 bits per heavy atom. The predicted octanol–water partition coefficient (Wildman–Crippen LogP) is 4.35. The number of anilines is 1. The number of nitrogens with zero attached hydrogens (tertiary/aromatic N) is 1. The molecule has 2 N–H and O–H groups in total. The fourth-order valence-corrected chi connectivity index (χ4v) is 3.56. The normalized spacial score (nSPS) is 11.0. The minimum absolute atomic E-state index is 0.113. The van der Waals surface area contributed by atoms with Crippen molar-refractivity contribution in [2.45, 2.75) is 13.8 Å². The molecule has 25 heavy (non-hydrogen) atoms. The van der Waals surface area contributed by atoms with Crippen LogP contribution in [0.1, 0.15) is 21.5 Å². The summed E-state index contributed by atoms with van der Waals surface area (Å²) in [7, 11) is 0. The van der Waals surface area contributed by atoms with Crippen LogP contribution in [0.5, 0.6) is 0 Å². The van der Waals surface area contributed by atoms with Crippen molar-refractivity contribution in [3.05, 3.63) is 76.8 Å². The van der Waals surface area contributed by atoms with Crippen LogP contribution in [0.4, 0.5) is 5.82 Å². The SMILES string of the molecule is Cc1ccc(C(=O)Nc2c(-c3cccs3)[nH]c3cccc[n+]23)cc1C. The van der Waals surface area contributed by atoms with Gasteiger partial charge in [-0.15, -0.1) is 11.3 Å². The minimum atomic E-state index is -0.113. The molecule has 4 nitrogen and oxygen atoms in total. The van der Waals surface area contributed by atoms with Crippen LogP contribution >= 0.6 is 11.3 Å². The highest BCUT2D eigenvalue weighted by molar-refractivity contribution is 7.13. The van der Waals surface area contributed by atoms with Gasteiger partial charge in [-0.3, -0.25) is 9.78 Å². The van der Waals surface area contributed by atoms with Crippen molar-refractivity contribution in [3.8, 4) is 10.6 Å². The lowest BCUT2D eigenvalue weighted by molar-refractivity contribution is -0.493. The standard InChI is InChI=1S/C20H17N3OS/c1-13-8-9-15(12-14(13)2)20(24)22-19-18(16-6-5-11-25-16)21-17-7-3-4-10-23(17)19/h3-12H,1-2H3,(H,22,24)/p+1. The van der Waals surface area contributed by atoms with E-state index in [1.54, 1.807) is 11.3 Å². The molecule has 5 heteroatoms. The molecule has 0 aliphatic heterocycles. The van der Waals surface area contributed by atoms with Crippen LogP contribution in [0.15, 0.2) is 60.1 Å². The number of rotatable bonds is 3.